The summed E-state index contributed by atoms with van der Waals surface area (Å²) in [6, 6.07) is 4.06. The van der Waals surface area contributed by atoms with Crippen LogP contribution in [-0.4, -0.2) is 4.98 Å². The lowest BCUT2D eigenvalue weighted by Gasteiger charge is -1.97. The molecule has 1 nitrogen and oxygen atoms in total. The third kappa shape index (κ3) is 4.12. The average molecular weight is 165 g/mol. The molecule has 0 aliphatic carbocycles. The monoisotopic (exact) mass is 165 g/mol. The number of aromatic nitrogens is 1. The normalized spacial score (nSPS) is 8.67. The largest absolute Gasteiger partial charge is 0.261 e. The first-order chi connectivity index (χ1) is 5.76. The summed E-state index contributed by atoms with van der Waals surface area (Å²) in [5.74, 6) is 0. The van der Waals surface area contributed by atoms with Gasteiger partial charge in [-0.25, -0.2) is 0 Å². The maximum atomic E-state index is 4.20. The van der Waals surface area contributed by atoms with Crippen LogP contribution in [0.25, 0.3) is 0 Å². The molecule has 0 spiro atoms. The maximum absolute atomic E-state index is 4.20. The Morgan fingerprint density at radius 2 is 1.83 bits per heavy atom. The smallest absolute Gasteiger partial charge is 0.0429 e. The lowest BCUT2D eigenvalue weighted by atomic mass is 10.2. The van der Waals surface area contributed by atoms with Crippen molar-refractivity contribution in [1.82, 2.24) is 4.98 Å². The van der Waals surface area contributed by atoms with Crippen molar-refractivity contribution in [2.24, 2.45) is 0 Å². The molecule has 0 atom stereocenters. The van der Waals surface area contributed by atoms with E-state index in [9.17, 15) is 0 Å². The standard InChI is InChI=1S/C8H11N.C3H8/c1-3-8-7(2)5-4-6-9-8;1-3-2/h4-6H,3H2,1-2H3;3H2,1-2H3. The second-order valence-corrected chi connectivity index (χ2v) is 2.83. The lowest BCUT2D eigenvalue weighted by molar-refractivity contribution is 1.01. The molecular formula is C11H19N. The fourth-order valence-corrected chi connectivity index (χ4v) is 0.889. The van der Waals surface area contributed by atoms with Gasteiger partial charge in [-0.3, -0.25) is 4.98 Å². The van der Waals surface area contributed by atoms with Crippen molar-refractivity contribution in [3.63, 3.8) is 0 Å². The van der Waals surface area contributed by atoms with Crippen LogP contribution in [0.5, 0.6) is 0 Å². The van der Waals surface area contributed by atoms with Gasteiger partial charge < -0.3 is 0 Å². The Morgan fingerprint density at radius 3 is 2.17 bits per heavy atom. The second kappa shape index (κ2) is 6.84. The van der Waals surface area contributed by atoms with E-state index in [2.05, 4.69) is 38.7 Å². The summed E-state index contributed by atoms with van der Waals surface area (Å²) in [5.41, 5.74) is 2.50. The molecule has 1 aromatic rings. The van der Waals surface area contributed by atoms with Crippen LogP contribution in [0.15, 0.2) is 18.3 Å². The molecule has 0 N–H and O–H groups in total. The molecule has 1 aromatic heterocycles. The first-order valence-corrected chi connectivity index (χ1v) is 4.66. The molecule has 1 rings (SSSR count). The van der Waals surface area contributed by atoms with Crippen molar-refractivity contribution >= 4 is 0 Å². The summed E-state index contributed by atoms with van der Waals surface area (Å²) in [6.45, 7) is 8.46. The van der Waals surface area contributed by atoms with E-state index >= 15 is 0 Å². The quantitative estimate of drug-likeness (QED) is 0.621. The predicted molar refractivity (Wildman–Crippen MR) is 54.3 cm³/mol. The Morgan fingerprint density at radius 1 is 1.25 bits per heavy atom. The van der Waals surface area contributed by atoms with Crippen molar-refractivity contribution < 1.29 is 0 Å². The van der Waals surface area contributed by atoms with Gasteiger partial charge in [0.25, 0.3) is 0 Å². The van der Waals surface area contributed by atoms with E-state index in [1.807, 2.05) is 12.3 Å². The fraction of sp³-hybridized carbons (Fsp3) is 0.545. The van der Waals surface area contributed by atoms with Crippen molar-refractivity contribution in [2.75, 3.05) is 0 Å². The molecular weight excluding hydrogens is 146 g/mol. The molecule has 12 heavy (non-hydrogen) atoms. The Bertz CT molecular complexity index is 206. The van der Waals surface area contributed by atoms with Gasteiger partial charge in [-0.2, -0.15) is 0 Å². The Hall–Kier alpha value is -0.850. The summed E-state index contributed by atoms with van der Waals surface area (Å²) in [5, 5.41) is 0. The highest BCUT2D eigenvalue weighted by Gasteiger charge is 1.91. The topological polar surface area (TPSA) is 12.9 Å². The van der Waals surface area contributed by atoms with Crippen molar-refractivity contribution in [2.45, 2.75) is 40.5 Å². The molecule has 1 heteroatoms. The molecule has 0 unspecified atom stereocenters. The highest BCUT2D eigenvalue weighted by atomic mass is 14.7. The number of rotatable bonds is 1. The third-order valence-electron chi connectivity index (χ3n) is 1.45. The number of pyridine rings is 1. The summed E-state index contributed by atoms with van der Waals surface area (Å²) < 4.78 is 0. The molecule has 0 aliphatic heterocycles. The summed E-state index contributed by atoms with van der Waals surface area (Å²) in [7, 11) is 0. The summed E-state index contributed by atoms with van der Waals surface area (Å²) >= 11 is 0. The van der Waals surface area contributed by atoms with Crippen molar-refractivity contribution in [1.29, 1.82) is 0 Å². The number of nitrogens with zero attached hydrogens (tertiary/aromatic N) is 1. The van der Waals surface area contributed by atoms with Gasteiger partial charge in [-0.15, -0.1) is 0 Å². The van der Waals surface area contributed by atoms with Gasteiger partial charge in [0.1, 0.15) is 0 Å². The van der Waals surface area contributed by atoms with Crippen LogP contribution in [-0.2, 0) is 6.42 Å². The molecule has 0 amide bonds. The molecule has 0 radical (unpaired) electrons. The molecule has 0 bridgehead atoms. The van der Waals surface area contributed by atoms with Crippen LogP contribution in [0.2, 0.25) is 0 Å². The Kier molecular flexibility index (Phi) is 6.35. The van der Waals surface area contributed by atoms with E-state index in [1.165, 1.54) is 17.7 Å². The van der Waals surface area contributed by atoms with Crippen molar-refractivity contribution in [3.8, 4) is 0 Å². The SMILES string of the molecule is CCC.CCc1ncccc1C. The molecule has 1 heterocycles. The zero-order valence-electron chi connectivity index (χ0n) is 8.59. The minimum Gasteiger partial charge on any atom is -0.261 e. The summed E-state index contributed by atoms with van der Waals surface area (Å²) in [4.78, 5) is 4.20. The third-order valence-corrected chi connectivity index (χ3v) is 1.45. The molecule has 0 aromatic carbocycles. The van der Waals surface area contributed by atoms with E-state index < -0.39 is 0 Å². The number of hydrogen-bond donors (Lipinski definition) is 0. The highest BCUT2D eigenvalue weighted by molar-refractivity contribution is 5.16. The second-order valence-electron chi connectivity index (χ2n) is 2.83. The van der Waals surface area contributed by atoms with E-state index in [1.54, 1.807) is 0 Å². The van der Waals surface area contributed by atoms with Crippen LogP contribution in [0.3, 0.4) is 0 Å². The maximum Gasteiger partial charge on any atom is 0.0429 e. The van der Waals surface area contributed by atoms with Gasteiger partial charge in [0.2, 0.25) is 0 Å². The molecule has 0 aliphatic rings. The van der Waals surface area contributed by atoms with Gasteiger partial charge in [-0.05, 0) is 25.0 Å². The fourth-order valence-electron chi connectivity index (χ4n) is 0.889. The molecule has 0 saturated carbocycles. The van der Waals surface area contributed by atoms with Gasteiger partial charge in [-0.1, -0.05) is 33.3 Å². The van der Waals surface area contributed by atoms with Gasteiger partial charge >= 0.3 is 0 Å². The minimum absolute atomic E-state index is 1.03. The van der Waals surface area contributed by atoms with Crippen LogP contribution in [0.4, 0.5) is 0 Å². The Labute approximate surface area is 75.8 Å². The van der Waals surface area contributed by atoms with E-state index in [0.29, 0.717) is 0 Å². The van der Waals surface area contributed by atoms with Gasteiger partial charge in [0.15, 0.2) is 0 Å². The lowest BCUT2D eigenvalue weighted by Crippen LogP contribution is -1.88. The highest BCUT2D eigenvalue weighted by Crippen LogP contribution is 2.01. The first kappa shape index (κ1) is 11.2. The van der Waals surface area contributed by atoms with E-state index in [-0.39, 0.29) is 0 Å². The predicted octanol–water partition coefficient (Wildman–Crippen LogP) is 3.37. The summed E-state index contributed by atoms with van der Waals surface area (Å²) in [6.07, 6.45) is 4.12. The molecule has 68 valence electrons. The number of aryl methyl sites for hydroxylation is 2. The zero-order valence-corrected chi connectivity index (χ0v) is 8.59. The molecule has 0 fully saturated rings. The van der Waals surface area contributed by atoms with Gasteiger partial charge in [0, 0.05) is 11.9 Å². The molecule has 0 saturated heterocycles. The van der Waals surface area contributed by atoms with Crippen molar-refractivity contribution in [3.05, 3.63) is 29.6 Å². The van der Waals surface area contributed by atoms with Crippen LogP contribution >= 0.6 is 0 Å². The zero-order chi connectivity index (χ0) is 9.40. The first-order valence-electron chi connectivity index (χ1n) is 4.66. The van der Waals surface area contributed by atoms with E-state index in [4.69, 9.17) is 0 Å². The van der Waals surface area contributed by atoms with Crippen LogP contribution < -0.4 is 0 Å². The van der Waals surface area contributed by atoms with Crippen LogP contribution in [0, 0.1) is 6.92 Å². The van der Waals surface area contributed by atoms with Gasteiger partial charge in [0.05, 0.1) is 0 Å². The minimum atomic E-state index is 1.03. The number of hydrogen-bond acceptors (Lipinski definition) is 1. The average Bonchev–Trinajstić information content (AvgIpc) is 2.07. The van der Waals surface area contributed by atoms with Crippen LogP contribution in [0.1, 0.15) is 38.4 Å². The Balaban J connectivity index is 0.000000354. The van der Waals surface area contributed by atoms with E-state index in [0.717, 1.165) is 6.42 Å².